The summed E-state index contributed by atoms with van der Waals surface area (Å²) in [6.45, 7) is 5.03. The SMILES string of the molecule is CC1CN(Cc2cn[nH]c2-c2ccc(CC#N)cc2)CCN1c1ccc(C(F)(F)F)nc1. The molecule has 0 aliphatic carbocycles. The van der Waals surface area contributed by atoms with Crippen molar-refractivity contribution in [2.45, 2.75) is 32.1 Å². The molecule has 3 aromatic rings. The van der Waals surface area contributed by atoms with Crippen molar-refractivity contribution in [3.05, 3.63) is 65.6 Å². The summed E-state index contributed by atoms with van der Waals surface area (Å²) in [7, 11) is 0. The van der Waals surface area contributed by atoms with Crippen LogP contribution in [0.2, 0.25) is 0 Å². The molecule has 166 valence electrons. The highest BCUT2D eigenvalue weighted by Crippen LogP contribution is 2.30. The number of aromatic nitrogens is 3. The van der Waals surface area contributed by atoms with Gasteiger partial charge < -0.3 is 4.90 Å². The third kappa shape index (κ3) is 4.75. The van der Waals surface area contributed by atoms with Gasteiger partial charge in [-0.25, -0.2) is 4.98 Å². The molecule has 32 heavy (non-hydrogen) atoms. The Bertz CT molecular complexity index is 1080. The quantitative estimate of drug-likeness (QED) is 0.642. The molecule has 6 nitrogen and oxygen atoms in total. The lowest BCUT2D eigenvalue weighted by atomic mass is 10.0. The van der Waals surface area contributed by atoms with Crippen LogP contribution in [0.4, 0.5) is 18.9 Å². The molecule has 4 rings (SSSR count). The smallest absolute Gasteiger partial charge is 0.365 e. The first-order chi connectivity index (χ1) is 15.3. The summed E-state index contributed by atoms with van der Waals surface area (Å²) in [6.07, 6.45) is -0.914. The van der Waals surface area contributed by atoms with Crippen LogP contribution in [-0.2, 0) is 19.1 Å². The predicted octanol–water partition coefficient (Wildman–Crippen LogP) is 4.27. The number of halogens is 3. The molecule has 9 heteroatoms. The van der Waals surface area contributed by atoms with Crippen molar-refractivity contribution < 1.29 is 13.2 Å². The Morgan fingerprint density at radius 3 is 2.53 bits per heavy atom. The Balaban J connectivity index is 1.41. The monoisotopic (exact) mass is 440 g/mol. The van der Waals surface area contributed by atoms with E-state index in [0.717, 1.165) is 48.1 Å². The van der Waals surface area contributed by atoms with Crippen LogP contribution in [0.3, 0.4) is 0 Å². The molecule has 2 aromatic heterocycles. The van der Waals surface area contributed by atoms with Crippen molar-refractivity contribution >= 4 is 5.69 Å². The molecule has 3 heterocycles. The number of nitrogens with one attached hydrogen (secondary N) is 1. The van der Waals surface area contributed by atoms with Crippen LogP contribution in [0.15, 0.2) is 48.8 Å². The van der Waals surface area contributed by atoms with Crippen molar-refractivity contribution in [1.82, 2.24) is 20.1 Å². The molecule has 1 saturated heterocycles. The van der Waals surface area contributed by atoms with E-state index in [1.54, 1.807) is 0 Å². The Labute approximate surface area is 184 Å². The second-order valence-corrected chi connectivity index (χ2v) is 7.98. The lowest BCUT2D eigenvalue weighted by molar-refractivity contribution is -0.141. The molecule has 0 radical (unpaired) electrons. The molecule has 1 aliphatic rings. The van der Waals surface area contributed by atoms with Gasteiger partial charge in [0, 0.05) is 37.8 Å². The van der Waals surface area contributed by atoms with Crippen LogP contribution >= 0.6 is 0 Å². The number of alkyl halides is 3. The third-order valence-corrected chi connectivity index (χ3v) is 5.72. The minimum atomic E-state index is -4.43. The highest BCUT2D eigenvalue weighted by atomic mass is 19.4. The van der Waals surface area contributed by atoms with Gasteiger partial charge >= 0.3 is 6.18 Å². The zero-order valence-corrected chi connectivity index (χ0v) is 17.6. The first kappa shape index (κ1) is 21.8. The van der Waals surface area contributed by atoms with Crippen LogP contribution < -0.4 is 4.90 Å². The van der Waals surface area contributed by atoms with Crippen LogP contribution in [0, 0.1) is 11.3 Å². The van der Waals surface area contributed by atoms with Crippen LogP contribution in [0.5, 0.6) is 0 Å². The molecular formula is C23H23F3N6. The first-order valence-electron chi connectivity index (χ1n) is 10.4. The topological polar surface area (TPSA) is 71.8 Å². The number of piperazine rings is 1. The molecular weight excluding hydrogens is 417 g/mol. The van der Waals surface area contributed by atoms with Crippen molar-refractivity contribution in [3.63, 3.8) is 0 Å². The van der Waals surface area contributed by atoms with Gasteiger partial charge in [0.25, 0.3) is 0 Å². The van der Waals surface area contributed by atoms with Gasteiger partial charge in [-0.2, -0.15) is 23.5 Å². The Morgan fingerprint density at radius 2 is 1.91 bits per heavy atom. The summed E-state index contributed by atoms with van der Waals surface area (Å²) in [5, 5.41) is 16.1. The molecule has 0 saturated carbocycles. The van der Waals surface area contributed by atoms with Gasteiger partial charge in [-0.15, -0.1) is 0 Å². The number of nitriles is 1. The van der Waals surface area contributed by atoms with Crippen LogP contribution in [0.1, 0.15) is 23.7 Å². The Morgan fingerprint density at radius 1 is 1.12 bits per heavy atom. The van der Waals surface area contributed by atoms with Crippen LogP contribution in [-0.4, -0.2) is 45.8 Å². The molecule has 1 aliphatic heterocycles. The van der Waals surface area contributed by atoms with E-state index >= 15 is 0 Å². The largest absolute Gasteiger partial charge is 0.433 e. The molecule has 1 unspecified atom stereocenters. The number of hydrogen-bond donors (Lipinski definition) is 1. The molecule has 1 atom stereocenters. The van der Waals surface area contributed by atoms with E-state index in [2.05, 4.69) is 38.0 Å². The highest BCUT2D eigenvalue weighted by Gasteiger charge is 2.33. The first-order valence-corrected chi connectivity index (χ1v) is 10.4. The maximum atomic E-state index is 12.8. The fourth-order valence-electron chi connectivity index (χ4n) is 4.09. The molecule has 0 spiro atoms. The van der Waals surface area contributed by atoms with E-state index in [4.69, 9.17) is 5.26 Å². The predicted molar refractivity (Wildman–Crippen MR) is 115 cm³/mol. The zero-order valence-electron chi connectivity index (χ0n) is 17.6. The van der Waals surface area contributed by atoms with E-state index in [-0.39, 0.29) is 6.04 Å². The molecule has 0 bridgehead atoms. The Hall–Kier alpha value is -3.38. The number of H-pyrrole nitrogens is 1. The number of nitrogens with zero attached hydrogens (tertiary/aromatic N) is 5. The van der Waals surface area contributed by atoms with Gasteiger partial charge in [0.05, 0.1) is 36.3 Å². The normalized spacial score (nSPS) is 17.3. The van der Waals surface area contributed by atoms with Crippen molar-refractivity contribution in [3.8, 4) is 17.3 Å². The van der Waals surface area contributed by atoms with Gasteiger partial charge in [-0.3, -0.25) is 10.00 Å². The zero-order chi connectivity index (χ0) is 22.7. The van der Waals surface area contributed by atoms with E-state index in [1.165, 1.54) is 12.3 Å². The van der Waals surface area contributed by atoms with E-state index in [9.17, 15) is 13.2 Å². The second-order valence-electron chi connectivity index (χ2n) is 7.98. The number of aromatic amines is 1. The lowest BCUT2D eigenvalue weighted by Gasteiger charge is -2.41. The summed E-state index contributed by atoms with van der Waals surface area (Å²) in [5.74, 6) is 0. The maximum absolute atomic E-state index is 12.8. The van der Waals surface area contributed by atoms with Gasteiger partial charge in [0.1, 0.15) is 5.69 Å². The van der Waals surface area contributed by atoms with Gasteiger partial charge in [-0.05, 0) is 30.2 Å². The van der Waals surface area contributed by atoms with E-state index in [1.807, 2.05) is 30.5 Å². The standard InChI is InChI=1S/C23H23F3N6/c1-16-14-31(10-11-32(16)20-6-7-21(28-13-20)23(24,25)26)15-19-12-29-30-22(19)18-4-2-17(3-5-18)8-9-27/h2-7,12-13,16H,8,10-11,14-15H2,1H3,(H,29,30). The maximum Gasteiger partial charge on any atom is 0.433 e. The van der Waals surface area contributed by atoms with Gasteiger partial charge in [-0.1, -0.05) is 24.3 Å². The number of hydrogen-bond acceptors (Lipinski definition) is 5. The summed E-state index contributed by atoms with van der Waals surface area (Å²) >= 11 is 0. The highest BCUT2D eigenvalue weighted by molar-refractivity contribution is 5.63. The minimum Gasteiger partial charge on any atom is -0.365 e. The molecule has 1 aromatic carbocycles. The average Bonchev–Trinajstić information content (AvgIpc) is 3.22. The number of benzene rings is 1. The summed E-state index contributed by atoms with van der Waals surface area (Å²) in [4.78, 5) is 8.00. The third-order valence-electron chi connectivity index (χ3n) is 5.72. The second kappa shape index (κ2) is 9.01. The fraction of sp³-hybridized carbons (Fsp3) is 0.348. The minimum absolute atomic E-state index is 0.128. The summed E-state index contributed by atoms with van der Waals surface area (Å²) in [5.41, 5.74) is 3.85. The van der Waals surface area contributed by atoms with Gasteiger partial charge in [0.2, 0.25) is 0 Å². The summed E-state index contributed by atoms with van der Waals surface area (Å²) < 4.78 is 38.3. The van der Waals surface area contributed by atoms with E-state index in [0.29, 0.717) is 18.7 Å². The molecule has 1 N–H and O–H groups in total. The fourth-order valence-corrected chi connectivity index (χ4v) is 4.09. The molecule has 1 fully saturated rings. The number of pyridine rings is 1. The van der Waals surface area contributed by atoms with Crippen molar-refractivity contribution in [2.24, 2.45) is 0 Å². The molecule has 0 amide bonds. The van der Waals surface area contributed by atoms with Crippen molar-refractivity contribution in [1.29, 1.82) is 5.26 Å². The van der Waals surface area contributed by atoms with E-state index < -0.39 is 11.9 Å². The summed E-state index contributed by atoms with van der Waals surface area (Å²) in [6, 6.07) is 12.7. The average molecular weight is 440 g/mol. The van der Waals surface area contributed by atoms with Crippen LogP contribution in [0.25, 0.3) is 11.3 Å². The van der Waals surface area contributed by atoms with Crippen molar-refractivity contribution in [2.75, 3.05) is 24.5 Å². The van der Waals surface area contributed by atoms with Gasteiger partial charge in [0.15, 0.2) is 0 Å². The number of rotatable bonds is 5. The lowest BCUT2D eigenvalue weighted by Crippen LogP contribution is -2.51. The number of anilines is 1. The Kier molecular flexibility index (Phi) is 6.15.